The van der Waals surface area contributed by atoms with Gasteiger partial charge in [-0.1, -0.05) is 0 Å². The molecule has 0 saturated carbocycles. The van der Waals surface area contributed by atoms with Crippen LogP contribution in [0.25, 0.3) is 0 Å². The monoisotopic (exact) mass is 186 g/mol. The van der Waals surface area contributed by atoms with Gasteiger partial charge in [0.05, 0.1) is 0 Å². The second kappa shape index (κ2) is 34.7. The van der Waals surface area contributed by atoms with Crippen LogP contribution in [0.3, 0.4) is 0 Å². The molecule has 0 aliphatic carbocycles. The molecule has 0 unspecified atom stereocenters. The molecule has 0 aliphatic heterocycles. The Balaban J connectivity index is -0.00000000267. The molecule has 2 nitrogen and oxygen atoms in total. The summed E-state index contributed by atoms with van der Waals surface area (Å²) in [7, 11) is 0. The van der Waals surface area contributed by atoms with Gasteiger partial charge < -0.3 is 2.85 Å². The second-order valence-corrected chi connectivity index (χ2v) is 0. The molecule has 0 fully saturated rings. The minimum absolute atomic E-state index is 0. The van der Waals surface area contributed by atoms with Crippen molar-refractivity contribution in [3.8, 4) is 0 Å². The molecule has 0 N–H and O–H groups in total. The van der Waals surface area contributed by atoms with Crippen molar-refractivity contribution in [1.29, 1.82) is 0 Å². The van der Waals surface area contributed by atoms with Gasteiger partial charge in [-0.05, 0) is 0 Å². The summed E-state index contributed by atoms with van der Waals surface area (Å²) in [4.78, 5) is 0. The van der Waals surface area contributed by atoms with Crippen LogP contribution >= 0.6 is 0 Å². The third-order valence-electron chi connectivity index (χ3n) is 0. The van der Waals surface area contributed by atoms with Crippen molar-refractivity contribution in [2.24, 2.45) is 0 Å². The molecule has 0 aromatic carbocycles. The summed E-state index contributed by atoms with van der Waals surface area (Å²) < 4.78 is 16.6. The van der Waals surface area contributed by atoms with E-state index >= 15 is 0 Å². The SMILES string of the molecule is [Ca+2].[H-].[H-].[O]=[Ti].[O]=[Zn]. The first-order valence-corrected chi connectivity index (χ1v) is 2.34. The summed E-state index contributed by atoms with van der Waals surface area (Å²) in [5.74, 6) is 0. The van der Waals surface area contributed by atoms with Gasteiger partial charge in [0.25, 0.3) is 0 Å². The summed E-state index contributed by atoms with van der Waals surface area (Å²) in [5.41, 5.74) is 0. The standard InChI is InChI=1S/Ca.2O.Ti.Zn.2H/q+2;;;;;2*-1. The summed E-state index contributed by atoms with van der Waals surface area (Å²) in [6.07, 6.45) is 0. The average Bonchev–Trinajstić information content (AvgIpc) is 1.50. The summed E-state index contributed by atoms with van der Waals surface area (Å²) in [6.45, 7) is 0. The molecule has 0 bridgehead atoms. The van der Waals surface area contributed by atoms with Crippen molar-refractivity contribution in [3.05, 3.63) is 0 Å². The quantitative estimate of drug-likeness (QED) is 0.484. The van der Waals surface area contributed by atoms with E-state index in [2.05, 4.69) is 0 Å². The molecule has 0 rings (SSSR count). The Bertz CT molecular complexity index is 17.7. The van der Waals surface area contributed by atoms with E-state index in [-0.39, 0.29) is 58.8 Å². The second-order valence-electron chi connectivity index (χ2n) is 0. The van der Waals surface area contributed by atoms with Gasteiger partial charge in [0.2, 0.25) is 0 Å². The third kappa shape index (κ3) is 22.6. The first kappa shape index (κ1) is 15.7. The normalized spacial score (nSPS) is 1.80. The van der Waals surface area contributed by atoms with Crippen molar-refractivity contribution in [2.45, 2.75) is 0 Å². The van der Waals surface area contributed by atoms with Gasteiger partial charge in [0, 0.05) is 0 Å². The van der Waals surface area contributed by atoms with E-state index in [9.17, 15) is 0 Å². The van der Waals surface area contributed by atoms with Crippen molar-refractivity contribution in [2.75, 3.05) is 0 Å². The van der Waals surface area contributed by atoms with Gasteiger partial charge in [-0.25, -0.2) is 0 Å². The van der Waals surface area contributed by atoms with Crippen LogP contribution in [0.2, 0.25) is 0 Å². The molecule has 0 saturated heterocycles. The van der Waals surface area contributed by atoms with Crippen LogP contribution < -0.4 is 0 Å². The van der Waals surface area contributed by atoms with Gasteiger partial charge in [-0.2, -0.15) is 0 Å². The summed E-state index contributed by atoms with van der Waals surface area (Å²) in [5, 5.41) is 0. The molecule has 5 heavy (non-hydrogen) atoms. The number of hydrogen-bond donors (Lipinski definition) is 0. The molecular weight excluding hydrogens is 185 g/mol. The van der Waals surface area contributed by atoms with Crippen LogP contribution in [0.1, 0.15) is 2.85 Å². The maximum atomic E-state index is 8.38. The van der Waals surface area contributed by atoms with E-state index in [1.54, 1.807) is 0 Å². The van der Waals surface area contributed by atoms with Gasteiger partial charge in [0.15, 0.2) is 0 Å². The van der Waals surface area contributed by atoms with Crippen LogP contribution in [-0.2, 0) is 45.6 Å². The van der Waals surface area contributed by atoms with E-state index in [0.717, 1.165) is 20.4 Å². The Labute approximate surface area is 84.7 Å². The predicted octanol–water partition coefficient (Wildman–Crippen LogP) is -0.398. The molecular formula is H2CaO2TiZn. The van der Waals surface area contributed by atoms with Crippen LogP contribution in [-0.4, -0.2) is 37.7 Å². The molecule has 0 heterocycles. The van der Waals surface area contributed by atoms with E-state index < -0.39 is 0 Å². The molecule has 0 aromatic heterocycles. The van der Waals surface area contributed by atoms with Crippen molar-refractivity contribution in [3.63, 3.8) is 0 Å². The van der Waals surface area contributed by atoms with E-state index in [0.29, 0.717) is 0 Å². The third-order valence-corrected chi connectivity index (χ3v) is 0. The zero-order valence-electron chi connectivity index (χ0n) is 4.73. The fourth-order valence-corrected chi connectivity index (χ4v) is 0. The van der Waals surface area contributed by atoms with Crippen LogP contribution in [0.5, 0.6) is 0 Å². The Morgan fingerprint density at radius 2 is 1.40 bits per heavy atom. The molecule has 22 valence electrons. The van der Waals surface area contributed by atoms with Crippen molar-refractivity contribution >= 4 is 37.7 Å². The average molecular weight is 187 g/mol. The van der Waals surface area contributed by atoms with Crippen LogP contribution in [0.4, 0.5) is 0 Å². The maximum absolute atomic E-state index is 8.38. The van der Waals surface area contributed by atoms with Crippen LogP contribution in [0, 0.1) is 0 Å². The number of hydrogen-bond acceptors (Lipinski definition) is 2. The van der Waals surface area contributed by atoms with Crippen molar-refractivity contribution < 1.29 is 48.4 Å². The number of rotatable bonds is 0. The molecule has 0 amide bonds. The fraction of sp³-hybridized carbons (Fsp3) is 0. The topological polar surface area (TPSA) is 34.1 Å². The van der Waals surface area contributed by atoms with Crippen molar-refractivity contribution in [1.82, 2.24) is 0 Å². The van der Waals surface area contributed by atoms with Gasteiger partial charge in [-0.15, -0.1) is 0 Å². The molecule has 5 heteroatoms. The van der Waals surface area contributed by atoms with Crippen LogP contribution in [0.15, 0.2) is 0 Å². The molecule has 0 atom stereocenters. The molecule has 0 radical (unpaired) electrons. The first-order chi connectivity index (χ1) is 2.00. The Morgan fingerprint density at radius 1 is 1.40 bits per heavy atom. The zero-order chi connectivity index (χ0) is 4.00. The Kier molecular flexibility index (Phi) is 109. The van der Waals surface area contributed by atoms with E-state index in [1.165, 1.54) is 0 Å². The minimum atomic E-state index is 0. The molecule has 0 aromatic rings. The van der Waals surface area contributed by atoms with Gasteiger partial charge in [0.1, 0.15) is 0 Å². The molecule has 0 spiro atoms. The van der Waals surface area contributed by atoms with E-state index in [4.69, 9.17) is 6.90 Å². The summed E-state index contributed by atoms with van der Waals surface area (Å²) in [6, 6.07) is 0. The fourth-order valence-electron chi connectivity index (χ4n) is 0. The van der Waals surface area contributed by atoms with Gasteiger partial charge >= 0.3 is 83.3 Å². The first-order valence-electron chi connectivity index (χ1n) is 0.493. The summed E-state index contributed by atoms with van der Waals surface area (Å²) >= 11 is 0.875. The van der Waals surface area contributed by atoms with E-state index in [1.807, 2.05) is 0 Å². The Hall–Kier alpha value is 2.20. The zero-order valence-corrected chi connectivity index (χ0v) is 9.47. The Morgan fingerprint density at radius 3 is 1.40 bits per heavy atom. The van der Waals surface area contributed by atoms with Gasteiger partial charge in [-0.3, -0.25) is 0 Å². The predicted molar refractivity (Wildman–Crippen MR) is 9.35 cm³/mol. The molecule has 0 aliphatic rings.